The minimum absolute atomic E-state index is 0.162. The molecular weight excluding hydrogens is 419 g/mol. The molecule has 1 aliphatic rings. The molecule has 0 aromatic heterocycles. The molecular formula is C20H22ClFN2O4S. The highest BCUT2D eigenvalue weighted by Gasteiger charge is 2.31. The zero-order valence-corrected chi connectivity index (χ0v) is 17.5. The van der Waals surface area contributed by atoms with Gasteiger partial charge in [-0.05, 0) is 42.7 Å². The molecule has 0 aliphatic carbocycles. The molecule has 3 rings (SSSR count). The van der Waals surface area contributed by atoms with E-state index in [4.69, 9.17) is 16.3 Å². The zero-order chi connectivity index (χ0) is 21.0. The summed E-state index contributed by atoms with van der Waals surface area (Å²) in [7, 11) is -2.03. The summed E-state index contributed by atoms with van der Waals surface area (Å²) in [5.41, 5.74) is 1.10. The lowest BCUT2D eigenvalue weighted by atomic mass is 9.97. The van der Waals surface area contributed by atoms with Crippen molar-refractivity contribution >= 4 is 33.2 Å². The first-order valence-electron chi connectivity index (χ1n) is 9.15. The molecule has 6 nitrogen and oxygen atoms in total. The minimum Gasteiger partial charge on any atom is -0.495 e. The number of anilines is 1. The van der Waals surface area contributed by atoms with Crippen molar-refractivity contribution in [3.63, 3.8) is 0 Å². The van der Waals surface area contributed by atoms with Crippen LogP contribution in [0.2, 0.25) is 5.02 Å². The number of ether oxygens (including phenoxy) is 1. The first-order chi connectivity index (χ1) is 13.8. The molecule has 0 atom stereocenters. The van der Waals surface area contributed by atoms with Crippen LogP contribution in [0.5, 0.6) is 5.75 Å². The summed E-state index contributed by atoms with van der Waals surface area (Å²) in [5.74, 6) is -0.573. The van der Waals surface area contributed by atoms with Crippen LogP contribution in [-0.2, 0) is 20.6 Å². The molecule has 156 valence electrons. The summed E-state index contributed by atoms with van der Waals surface area (Å²) in [4.78, 5) is 12.5. The summed E-state index contributed by atoms with van der Waals surface area (Å²) < 4.78 is 44.8. The molecule has 2 aromatic carbocycles. The normalized spacial score (nSPS) is 15.8. The summed E-state index contributed by atoms with van der Waals surface area (Å²) in [5, 5.41) is 3.28. The maximum atomic E-state index is 13.0. The number of rotatable bonds is 6. The average molecular weight is 441 g/mol. The maximum absolute atomic E-state index is 13.0. The highest BCUT2D eigenvalue weighted by Crippen LogP contribution is 2.28. The van der Waals surface area contributed by atoms with Gasteiger partial charge in [0.25, 0.3) is 0 Å². The molecule has 2 aromatic rings. The monoisotopic (exact) mass is 440 g/mol. The lowest BCUT2D eigenvalue weighted by Gasteiger charge is -2.30. The molecule has 0 bridgehead atoms. The first-order valence-corrected chi connectivity index (χ1v) is 11.1. The Morgan fingerprint density at radius 3 is 2.48 bits per heavy atom. The number of sulfonamides is 1. The molecule has 1 heterocycles. The van der Waals surface area contributed by atoms with Crippen LogP contribution >= 0.6 is 11.6 Å². The number of methoxy groups -OCH3 is 1. The van der Waals surface area contributed by atoms with Crippen molar-refractivity contribution in [1.29, 1.82) is 0 Å². The first kappa shape index (κ1) is 21.5. The van der Waals surface area contributed by atoms with Gasteiger partial charge in [-0.1, -0.05) is 23.7 Å². The van der Waals surface area contributed by atoms with Crippen LogP contribution in [0.1, 0.15) is 18.4 Å². The number of carbonyl (C=O) groups excluding carboxylic acids is 1. The van der Waals surface area contributed by atoms with E-state index >= 15 is 0 Å². The van der Waals surface area contributed by atoms with Crippen molar-refractivity contribution in [1.82, 2.24) is 4.31 Å². The number of halogens is 2. The van der Waals surface area contributed by atoms with E-state index in [1.54, 1.807) is 18.2 Å². The average Bonchev–Trinajstić information content (AvgIpc) is 2.71. The Morgan fingerprint density at radius 1 is 1.21 bits per heavy atom. The third-order valence-electron chi connectivity index (χ3n) is 4.90. The highest BCUT2D eigenvalue weighted by atomic mass is 35.5. The van der Waals surface area contributed by atoms with Crippen molar-refractivity contribution in [3.05, 3.63) is 58.9 Å². The second kappa shape index (κ2) is 9.11. The summed E-state index contributed by atoms with van der Waals surface area (Å²) in [6.45, 7) is 0.539. The van der Waals surface area contributed by atoms with Gasteiger partial charge in [-0.3, -0.25) is 4.79 Å². The molecule has 0 spiro atoms. The fourth-order valence-corrected chi connectivity index (χ4v) is 5.02. The summed E-state index contributed by atoms with van der Waals surface area (Å²) in [6, 6.07) is 10.4. The van der Waals surface area contributed by atoms with Crippen LogP contribution in [0.15, 0.2) is 42.5 Å². The van der Waals surface area contributed by atoms with Crippen LogP contribution in [0, 0.1) is 11.7 Å². The molecule has 1 aliphatic heterocycles. The molecule has 9 heteroatoms. The zero-order valence-electron chi connectivity index (χ0n) is 15.9. The van der Waals surface area contributed by atoms with E-state index in [0.29, 0.717) is 34.9 Å². The molecule has 29 heavy (non-hydrogen) atoms. The fourth-order valence-electron chi connectivity index (χ4n) is 3.26. The third kappa shape index (κ3) is 5.46. The van der Waals surface area contributed by atoms with Crippen LogP contribution in [-0.4, -0.2) is 38.8 Å². The van der Waals surface area contributed by atoms with E-state index in [1.807, 2.05) is 0 Å². The van der Waals surface area contributed by atoms with Gasteiger partial charge in [0, 0.05) is 30.8 Å². The van der Waals surface area contributed by atoms with Gasteiger partial charge in [-0.25, -0.2) is 17.1 Å². The molecule has 1 fully saturated rings. The number of amides is 1. The van der Waals surface area contributed by atoms with E-state index in [9.17, 15) is 17.6 Å². The van der Waals surface area contributed by atoms with Gasteiger partial charge < -0.3 is 10.1 Å². The predicted octanol–water partition coefficient (Wildman–Crippen LogP) is 3.67. The molecule has 1 N–H and O–H groups in total. The number of nitrogens with zero attached hydrogens (tertiary/aromatic N) is 1. The van der Waals surface area contributed by atoms with Crippen LogP contribution < -0.4 is 10.1 Å². The molecule has 0 radical (unpaired) electrons. The van der Waals surface area contributed by atoms with Gasteiger partial charge in [0.05, 0.1) is 17.9 Å². The Labute approximate surface area is 174 Å². The number of benzene rings is 2. The Morgan fingerprint density at radius 2 is 1.86 bits per heavy atom. The van der Waals surface area contributed by atoms with Gasteiger partial charge >= 0.3 is 0 Å². The van der Waals surface area contributed by atoms with Crippen molar-refractivity contribution < 1.29 is 22.3 Å². The lowest BCUT2D eigenvalue weighted by Crippen LogP contribution is -2.41. The number of piperidine rings is 1. The third-order valence-corrected chi connectivity index (χ3v) is 7.06. The standard InChI is InChI=1S/C20H22ClFN2O4S/c1-28-19-12-17(6-7-18(19)21)23-20(25)15-8-10-24(11-9-15)29(26,27)13-14-2-4-16(22)5-3-14/h2-7,12,15H,8-11,13H2,1H3,(H,23,25). The van der Waals surface area contributed by atoms with Gasteiger partial charge in [0.2, 0.25) is 15.9 Å². The molecule has 1 saturated heterocycles. The van der Waals surface area contributed by atoms with E-state index in [0.717, 1.165) is 0 Å². The molecule has 1 amide bonds. The van der Waals surface area contributed by atoms with Gasteiger partial charge in [0.15, 0.2) is 0 Å². The Hall–Kier alpha value is -2.16. The van der Waals surface area contributed by atoms with Crippen LogP contribution in [0.4, 0.5) is 10.1 Å². The van der Waals surface area contributed by atoms with Gasteiger partial charge in [0.1, 0.15) is 11.6 Å². The van der Waals surface area contributed by atoms with E-state index in [2.05, 4.69) is 5.32 Å². The van der Waals surface area contributed by atoms with E-state index in [-0.39, 0.29) is 30.7 Å². The quantitative estimate of drug-likeness (QED) is 0.743. The lowest BCUT2D eigenvalue weighted by molar-refractivity contribution is -0.120. The van der Waals surface area contributed by atoms with E-state index in [1.165, 1.54) is 35.7 Å². The topological polar surface area (TPSA) is 75.7 Å². The SMILES string of the molecule is COc1cc(NC(=O)C2CCN(S(=O)(=O)Cc3ccc(F)cc3)CC2)ccc1Cl. The van der Waals surface area contributed by atoms with Crippen molar-refractivity contribution in [2.75, 3.05) is 25.5 Å². The van der Waals surface area contributed by atoms with Crippen LogP contribution in [0.25, 0.3) is 0 Å². The largest absolute Gasteiger partial charge is 0.495 e. The van der Waals surface area contributed by atoms with Gasteiger partial charge in [-0.2, -0.15) is 0 Å². The Balaban J connectivity index is 1.56. The fraction of sp³-hybridized carbons (Fsp3) is 0.350. The van der Waals surface area contributed by atoms with Gasteiger partial charge in [-0.15, -0.1) is 0 Å². The number of nitrogens with one attached hydrogen (secondary N) is 1. The summed E-state index contributed by atoms with van der Waals surface area (Å²) in [6.07, 6.45) is 0.860. The van der Waals surface area contributed by atoms with Crippen molar-refractivity contribution in [2.45, 2.75) is 18.6 Å². The Kier molecular flexibility index (Phi) is 6.77. The second-order valence-electron chi connectivity index (χ2n) is 6.89. The summed E-state index contributed by atoms with van der Waals surface area (Å²) >= 11 is 5.99. The molecule has 0 saturated carbocycles. The Bertz CT molecular complexity index is 974. The number of hydrogen-bond donors (Lipinski definition) is 1. The smallest absolute Gasteiger partial charge is 0.227 e. The highest BCUT2D eigenvalue weighted by molar-refractivity contribution is 7.88. The predicted molar refractivity (Wildman–Crippen MR) is 110 cm³/mol. The number of hydrogen-bond acceptors (Lipinski definition) is 4. The number of carbonyl (C=O) groups is 1. The van der Waals surface area contributed by atoms with Crippen LogP contribution in [0.3, 0.4) is 0 Å². The van der Waals surface area contributed by atoms with Crippen molar-refractivity contribution in [3.8, 4) is 5.75 Å². The maximum Gasteiger partial charge on any atom is 0.227 e. The van der Waals surface area contributed by atoms with E-state index < -0.39 is 15.8 Å². The van der Waals surface area contributed by atoms with Crippen molar-refractivity contribution in [2.24, 2.45) is 5.92 Å². The second-order valence-corrected chi connectivity index (χ2v) is 9.27. The molecule has 0 unspecified atom stereocenters. The minimum atomic E-state index is -3.52.